The molecule has 2 unspecified atom stereocenters. The van der Waals surface area contributed by atoms with Crippen LogP contribution < -0.4 is 5.73 Å². The quantitative estimate of drug-likeness (QED) is 0.720. The lowest BCUT2D eigenvalue weighted by Crippen LogP contribution is -2.60. The number of likely N-dealkylation sites (N-methyl/N-ethyl adjacent to an activating group) is 1. The number of halogens is 2. The summed E-state index contributed by atoms with van der Waals surface area (Å²) in [5.74, 6) is -0.608. The molecule has 2 aliphatic rings. The highest BCUT2D eigenvalue weighted by Gasteiger charge is 2.50. The second-order valence-electron chi connectivity index (χ2n) is 8.03. The predicted molar refractivity (Wildman–Crippen MR) is 115 cm³/mol. The van der Waals surface area contributed by atoms with Crippen molar-refractivity contribution < 1.29 is 18.7 Å². The molecule has 2 N–H and O–H groups in total. The molecule has 0 aromatic heterocycles. The molecule has 1 heterocycles. The molecule has 0 saturated carbocycles. The number of benzene rings is 1. The lowest BCUT2D eigenvalue weighted by molar-refractivity contribution is -0.154. The van der Waals surface area contributed by atoms with Crippen molar-refractivity contribution in [2.75, 3.05) is 33.1 Å². The fourth-order valence-electron chi connectivity index (χ4n) is 4.26. The molecule has 6 nitrogen and oxygen atoms in total. The number of nitrogens with zero attached hydrogens (tertiary/aromatic N) is 2. The molecule has 162 valence electrons. The number of carbonyl (C=O) groups is 2. The van der Waals surface area contributed by atoms with Crippen molar-refractivity contribution in [3.05, 3.63) is 53.7 Å². The van der Waals surface area contributed by atoms with Crippen molar-refractivity contribution in [1.29, 1.82) is 0 Å². The SMILES string of the molecule is CN(C)C(=O)C1(OC(N)=O)CCCN(C2=CC=C(c3ccccc3)CC2(F)CCl)C1. The van der Waals surface area contributed by atoms with Crippen molar-refractivity contribution in [3.8, 4) is 0 Å². The van der Waals surface area contributed by atoms with Crippen LogP contribution in [-0.4, -0.2) is 66.1 Å². The molecule has 1 aliphatic heterocycles. The topological polar surface area (TPSA) is 75.9 Å². The number of likely N-dealkylation sites (tertiary alicyclic amines) is 1. The van der Waals surface area contributed by atoms with E-state index < -0.39 is 17.4 Å². The maximum Gasteiger partial charge on any atom is 0.405 e. The van der Waals surface area contributed by atoms with E-state index in [2.05, 4.69) is 0 Å². The molecular formula is C22H27ClFN3O3. The van der Waals surface area contributed by atoms with Gasteiger partial charge < -0.3 is 20.3 Å². The van der Waals surface area contributed by atoms with Crippen LogP contribution in [0.25, 0.3) is 5.57 Å². The third-order valence-electron chi connectivity index (χ3n) is 5.62. The van der Waals surface area contributed by atoms with Crippen molar-refractivity contribution in [2.24, 2.45) is 5.73 Å². The van der Waals surface area contributed by atoms with Gasteiger partial charge in [0, 0.05) is 27.1 Å². The maximum absolute atomic E-state index is 16.0. The number of nitrogens with two attached hydrogens (primary N) is 1. The molecule has 0 bridgehead atoms. The van der Waals surface area contributed by atoms with Gasteiger partial charge in [0.25, 0.3) is 5.91 Å². The Morgan fingerprint density at radius 2 is 1.97 bits per heavy atom. The van der Waals surface area contributed by atoms with E-state index in [1.807, 2.05) is 36.4 Å². The number of primary amides is 1. The fourth-order valence-corrected chi connectivity index (χ4v) is 4.50. The molecule has 3 rings (SSSR count). The zero-order valence-corrected chi connectivity index (χ0v) is 18.0. The van der Waals surface area contributed by atoms with E-state index in [9.17, 15) is 9.59 Å². The van der Waals surface area contributed by atoms with Gasteiger partial charge in [-0.1, -0.05) is 36.4 Å². The van der Waals surface area contributed by atoms with Crippen LogP contribution in [-0.2, 0) is 9.53 Å². The molecule has 1 aliphatic carbocycles. The normalized spacial score (nSPS) is 26.5. The number of allylic oxidation sites excluding steroid dienone is 4. The van der Waals surface area contributed by atoms with Crippen LogP contribution in [0.2, 0.25) is 0 Å². The fraction of sp³-hybridized carbons (Fsp3) is 0.455. The van der Waals surface area contributed by atoms with E-state index in [1.165, 1.54) is 4.90 Å². The van der Waals surface area contributed by atoms with Gasteiger partial charge in [0.1, 0.15) is 0 Å². The highest BCUT2D eigenvalue weighted by atomic mass is 35.5. The largest absolute Gasteiger partial charge is 0.431 e. The van der Waals surface area contributed by atoms with Crippen molar-refractivity contribution in [2.45, 2.75) is 30.5 Å². The summed E-state index contributed by atoms with van der Waals surface area (Å²) in [6.07, 6.45) is 3.55. The van der Waals surface area contributed by atoms with E-state index in [-0.39, 0.29) is 24.8 Å². The summed E-state index contributed by atoms with van der Waals surface area (Å²) in [6.45, 7) is 0.545. The van der Waals surface area contributed by atoms with Gasteiger partial charge in [-0.15, -0.1) is 11.6 Å². The monoisotopic (exact) mass is 435 g/mol. The zero-order chi connectivity index (χ0) is 21.9. The van der Waals surface area contributed by atoms with Gasteiger partial charge in [0.15, 0.2) is 5.67 Å². The number of hydrogen-bond donors (Lipinski definition) is 1. The molecule has 8 heteroatoms. The summed E-state index contributed by atoms with van der Waals surface area (Å²) in [5, 5.41) is 0. The number of amides is 2. The summed E-state index contributed by atoms with van der Waals surface area (Å²) in [5.41, 5.74) is 4.18. The molecule has 0 radical (unpaired) electrons. The van der Waals surface area contributed by atoms with Gasteiger partial charge in [-0.2, -0.15) is 0 Å². The smallest absolute Gasteiger partial charge is 0.405 e. The number of rotatable bonds is 5. The second-order valence-corrected chi connectivity index (χ2v) is 8.29. The Morgan fingerprint density at radius 3 is 2.57 bits per heavy atom. The Labute approximate surface area is 181 Å². The number of ether oxygens (including phenoxy) is 1. The molecule has 30 heavy (non-hydrogen) atoms. The lowest BCUT2D eigenvalue weighted by atomic mass is 9.83. The van der Waals surface area contributed by atoms with Crippen LogP contribution in [0.15, 0.2) is 48.2 Å². The molecule has 1 aromatic carbocycles. The summed E-state index contributed by atoms with van der Waals surface area (Å²) in [6, 6.07) is 9.58. The van der Waals surface area contributed by atoms with Gasteiger partial charge >= 0.3 is 6.09 Å². The summed E-state index contributed by atoms with van der Waals surface area (Å²) >= 11 is 6.11. The Hall–Kier alpha value is -2.54. The van der Waals surface area contributed by atoms with Crippen LogP contribution in [0.5, 0.6) is 0 Å². The Balaban J connectivity index is 1.96. The van der Waals surface area contributed by atoms with E-state index in [0.717, 1.165) is 11.1 Å². The van der Waals surface area contributed by atoms with Gasteiger partial charge in [0.05, 0.1) is 18.1 Å². The third-order valence-corrected chi connectivity index (χ3v) is 6.04. The van der Waals surface area contributed by atoms with Crippen LogP contribution in [0.3, 0.4) is 0 Å². The minimum atomic E-state index is -1.81. The van der Waals surface area contributed by atoms with Crippen LogP contribution in [0.1, 0.15) is 24.8 Å². The molecule has 2 atom stereocenters. The molecule has 1 fully saturated rings. The minimum Gasteiger partial charge on any atom is -0.431 e. The average Bonchev–Trinajstić information content (AvgIpc) is 2.73. The van der Waals surface area contributed by atoms with Crippen LogP contribution >= 0.6 is 11.6 Å². The van der Waals surface area contributed by atoms with Gasteiger partial charge in [-0.3, -0.25) is 4.79 Å². The van der Waals surface area contributed by atoms with Gasteiger partial charge in [-0.05, 0) is 30.1 Å². The lowest BCUT2D eigenvalue weighted by Gasteiger charge is -2.46. The highest BCUT2D eigenvalue weighted by molar-refractivity contribution is 6.19. The van der Waals surface area contributed by atoms with E-state index in [0.29, 0.717) is 25.1 Å². The number of piperidine rings is 1. The van der Waals surface area contributed by atoms with E-state index in [1.54, 1.807) is 25.1 Å². The standard InChI is InChI=1S/C22H27ClFN3O3/c1-26(2)19(28)22(30-20(25)29)11-6-12-27(15-22)18-10-9-17(13-21(18,24)14-23)16-7-4-3-5-8-16/h3-5,7-10H,6,11-15H2,1-2H3,(H2,25,29). The van der Waals surface area contributed by atoms with Crippen LogP contribution in [0, 0.1) is 0 Å². The second kappa shape index (κ2) is 8.68. The molecule has 1 saturated heterocycles. The molecule has 1 aromatic rings. The Morgan fingerprint density at radius 1 is 1.27 bits per heavy atom. The zero-order valence-electron chi connectivity index (χ0n) is 17.2. The summed E-state index contributed by atoms with van der Waals surface area (Å²) in [7, 11) is 3.17. The van der Waals surface area contributed by atoms with E-state index >= 15 is 4.39 Å². The first-order valence-electron chi connectivity index (χ1n) is 9.87. The van der Waals surface area contributed by atoms with Gasteiger partial charge in [-0.25, -0.2) is 9.18 Å². The van der Waals surface area contributed by atoms with Crippen molar-refractivity contribution >= 4 is 29.2 Å². The molecular weight excluding hydrogens is 409 g/mol. The average molecular weight is 436 g/mol. The highest BCUT2D eigenvalue weighted by Crippen LogP contribution is 2.42. The van der Waals surface area contributed by atoms with Gasteiger partial charge in [0.2, 0.25) is 5.60 Å². The Bertz CT molecular complexity index is 874. The maximum atomic E-state index is 16.0. The first kappa shape index (κ1) is 22.2. The van der Waals surface area contributed by atoms with Crippen molar-refractivity contribution in [1.82, 2.24) is 9.80 Å². The minimum absolute atomic E-state index is 0.0237. The van der Waals surface area contributed by atoms with E-state index in [4.69, 9.17) is 22.1 Å². The van der Waals surface area contributed by atoms with Crippen LogP contribution in [0.4, 0.5) is 9.18 Å². The number of carbonyl (C=O) groups excluding carboxylic acids is 2. The summed E-state index contributed by atoms with van der Waals surface area (Å²) in [4.78, 5) is 27.5. The first-order chi connectivity index (χ1) is 14.2. The predicted octanol–water partition coefficient (Wildman–Crippen LogP) is 3.32. The molecule has 0 spiro atoms. The third kappa shape index (κ3) is 4.31. The first-order valence-corrected chi connectivity index (χ1v) is 10.4. The number of hydrogen-bond acceptors (Lipinski definition) is 4. The summed E-state index contributed by atoms with van der Waals surface area (Å²) < 4.78 is 21.4. The molecule has 2 amide bonds. The number of alkyl halides is 2. The van der Waals surface area contributed by atoms with Crippen molar-refractivity contribution in [3.63, 3.8) is 0 Å². The Kier molecular flexibility index (Phi) is 6.41.